The maximum atomic E-state index is 4.98. The topological polar surface area (TPSA) is 30.9 Å². The van der Waals surface area contributed by atoms with Crippen molar-refractivity contribution in [2.24, 2.45) is 10.9 Å². The van der Waals surface area contributed by atoms with E-state index in [4.69, 9.17) is 4.99 Å². The van der Waals surface area contributed by atoms with Crippen LogP contribution < -0.4 is 5.32 Å². The smallest absolute Gasteiger partial charge is 0.193 e. The lowest BCUT2D eigenvalue weighted by Gasteiger charge is -2.29. The molecule has 2 aliphatic heterocycles. The molecular formula is C17H35IN4. The van der Waals surface area contributed by atoms with Crippen LogP contribution in [0.15, 0.2) is 4.99 Å². The fourth-order valence-electron chi connectivity index (χ4n) is 3.54. The second kappa shape index (κ2) is 10.7. The summed E-state index contributed by atoms with van der Waals surface area (Å²) in [7, 11) is 0. The van der Waals surface area contributed by atoms with Gasteiger partial charge in [0.05, 0.1) is 6.54 Å². The van der Waals surface area contributed by atoms with Crippen molar-refractivity contribution in [3.63, 3.8) is 0 Å². The Kier molecular flexibility index (Phi) is 9.71. The highest BCUT2D eigenvalue weighted by atomic mass is 127. The van der Waals surface area contributed by atoms with Gasteiger partial charge in [0.25, 0.3) is 0 Å². The number of rotatable bonds is 6. The zero-order valence-corrected chi connectivity index (χ0v) is 17.0. The molecule has 4 nitrogen and oxygen atoms in total. The molecule has 1 atom stereocenters. The molecule has 1 N–H and O–H groups in total. The molecule has 2 rings (SSSR count). The van der Waals surface area contributed by atoms with Crippen molar-refractivity contribution in [1.82, 2.24) is 15.1 Å². The van der Waals surface area contributed by atoms with Crippen LogP contribution in [0.4, 0.5) is 0 Å². The summed E-state index contributed by atoms with van der Waals surface area (Å²) in [6, 6.07) is 0.628. The highest BCUT2D eigenvalue weighted by Gasteiger charge is 2.23. The van der Waals surface area contributed by atoms with Gasteiger partial charge in [-0.3, -0.25) is 9.89 Å². The van der Waals surface area contributed by atoms with Gasteiger partial charge in [-0.25, -0.2) is 0 Å². The Morgan fingerprint density at radius 1 is 1.05 bits per heavy atom. The van der Waals surface area contributed by atoms with Crippen molar-refractivity contribution < 1.29 is 0 Å². The van der Waals surface area contributed by atoms with E-state index in [-0.39, 0.29) is 24.0 Å². The monoisotopic (exact) mass is 422 g/mol. The highest BCUT2D eigenvalue weighted by Crippen LogP contribution is 2.18. The lowest BCUT2D eigenvalue weighted by atomic mass is 10.0. The molecule has 0 amide bonds. The van der Waals surface area contributed by atoms with Crippen LogP contribution in [0.3, 0.4) is 0 Å². The molecule has 0 bridgehead atoms. The van der Waals surface area contributed by atoms with Gasteiger partial charge in [0.15, 0.2) is 5.96 Å². The maximum absolute atomic E-state index is 4.98. The largest absolute Gasteiger partial charge is 0.357 e. The number of hydrogen-bond donors (Lipinski definition) is 1. The summed E-state index contributed by atoms with van der Waals surface area (Å²) in [6.07, 6.45) is 6.62. The Bertz CT molecular complexity index is 321. The number of aliphatic imine (C=N–C) groups is 1. The summed E-state index contributed by atoms with van der Waals surface area (Å²) >= 11 is 0. The van der Waals surface area contributed by atoms with Gasteiger partial charge in [0.1, 0.15) is 0 Å². The number of nitrogens with zero attached hydrogens (tertiary/aromatic N) is 3. The van der Waals surface area contributed by atoms with Crippen LogP contribution in [0.25, 0.3) is 0 Å². The molecule has 130 valence electrons. The summed E-state index contributed by atoms with van der Waals surface area (Å²) < 4.78 is 0. The van der Waals surface area contributed by atoms with Gasteiger partial charge in [-0.05, 0) is 58.0 Å². The molecule has 2 aliphatic rings. The third-order valence-electron chi connectivity index (χ3n) is 4.59. The molecule has 0 aromatic heterocycles. The molecule has 0 radical (unpaired) electrons. The minimum atomic E-state index is 0. The minimum Gasteiger partial charge on any atom is -0.357 e. The van der Waals surface area contributed by atoms with E-state index >= 15 is 0 Å². The van der Waals surface area contributed by atoms with E-state index in [0.717, 1.165) is 25.0 Å². The lowest BCUT2D eigenvalue weighted by Crippen LogP contribution is -2.42. The quantitative estimate of drug-likeness (QED) is 0.405. The third-order valence-corrected chi connectivity index (χ3v) is 4.59. The fraction of sp³-hybridized carbons (Fsp3) is 0.941. The van der Waals surface area contributed by atoms with Crippen molar-refractivity contribution >= 4 is 29.9 Å². The van der Waals surface area contributed by atoms with Crippen LogP contribution in [-0.4, -0.2) is 61.1 Å². The van der Waals surface area contributed by atoms with E-state index in [0.29, 0.717) is 6.04 Å². The number of halogens is 1. The van der Waals surface area contributed by atoms with Crippen molar-refractivity contribution in [1.29, 1.82) is 0 Å². The van der Waals surface area contributed by atoms with Gasteiger partial charge in [0.2, 0.25) is 0 Å². The molecule has 0 spiro atoms. The van der Waals surface area contributed by atoms with E-state index in [1.807, 2.05) is 0 Å². The average Bonchev–Trinajstić information content (AvgIpc) is 3.13. The predicted molar refractivity (Wildman–Crippen MR) is 106 cm³/mol. The van der Waals surface area contributed by atoms with Crippen LogP contribution in [-0.2, 0) is 0 Å². The standard InChI is InChI=1S/C17H34N4.HI/c1-4-18-17(21-11-7-8-12-21)19-14-16(13-15(2)3)20-9-5-6-10-20;/h15-16H,4-14H2,1-3H3,(H,18,19);1H. The zero-order chi connectivity index (χ0) is 15.1. The number of nitrogens with one attached hydrogen (secondary N) is 1. The molecule has 1 unspecified atom stereocenters. The van der Waals surface area contributed by atoms with E-state index in [1.54, 1.807) is 0 Å². The first-order valence-electron chi connectivity index (χ1n) is 8.98. The first-order chi connectivity index (χ1) is 10.2. The zero-order valence-electron chi connectivity index (χ0n) is 14.7. The molecule has 0 aromatic carbocycles. The van der Waals surface area contributed by atoms with Crippen LogP contribution in [0.2, 0.25) is 0 Å². The van der Waals surface area contributed by atoms with Crippen molar-refractivity contribution in [3.05, 3.63) is 0 Å². The van der Waals surface area contributed by atoms with E-state index in [2.05, 4.69) is 35.9 Å². The lowest BCUT2D eigenvalue weighted by molar-refractivity contribution is 0.218. The summed E-state index contributed by atoms with van der Waals surface area (Å²) in [5, 5.41) is 3.48. The number of guanidine groups is 1. The van der Waals surface area contributed by atoms with E-state index in [9.17, 15) is 0 Å². The summed E-state index contributed by atoms with van der Waals surface area (Å²) in [5.74, 6) is 1.89. The van der Waals surface area contributed by atoms with Crippen LogP contribution in [0.1, 0.15) is 52.9 Å². The normalized spacial score (nSPS) is 21.3. The van der Waals surface area contributed by atoms with Crippen LogP contribution in [0, 0.1) is 5.92 Å². The molecule has 0 aliphatic carbocycles. The first kappa shape index (κ1) is 20.0. The summed E-state index contributed by atoms with van der Waals surface area (Å²) in [5.41, 5.74) is 0. The Hall–Kier alpha value is -0.0400. The minimum absolute atomic E-state index is 0. The Morgan fingerprint density at radius 3 is 2.18 bits per heavy atom. The Labute approximate surface area is 154 Å². The van der Waals surface area contributed by atoms with Gasteiger partial charge >= 0.3 is 0 Å². The second-order valence-electron chi connectivity index (χ2n) is 6.92. The average molecular weight is 422 g/mol. The van der Waals surface area contributed by atoms with E-state index < -0.39 is 0 Å². The van der Waals surface area contributed by atoms with Crippen molar-refractivity contribution in [3.8, 4) is 0 Å². The molecule has 2 fully saturated rings. The maximum Gasteiger partial charge on any atom is 0.193 e. The van der Waals surface area contributed by atoms with Gasteiger partial charge in [-0.1, -0.05) is 13.8 Å². The van der Waals surface area contributed by atoms with Crippen molar-refractivity contribution in [2.45, 2.75) is 58.9 Å². The Balaban J connectivity index is 0.00000242. The van der Waals surface area contributed by atoms with Gasteiger partial charge < -0.3 is 10.2 Å². The molecule has 0 saturated carbocycles. The number of hydrogen-bond acceptors (Lipinski definition) is 2. The number of likely N-dealkylation sites (tertiary alicyclic amines) is 2. The predicted octanol–water partition coefficient (Wildman–Crippen LogP) is 3.18. The molecule has 5 heteroatoms. The molecule has 2 heterocycles. The third kappa shape index (κ3) is 6.22. The van der Waals surface area contributed by atoms with Crippen LogP contribution >= 0.6 is 24.0 Å². The van der Waals surface area contributed by atoms with Gasteiger partial charge in [0, 0.05) is 25.7 Å². The summed E-state index contributed by atoms with van der Waals surface area (Å²) in [6.45, 7) is 13.6. The SMILES string of the molecule is CCNC(=NCC(CC(C)C)N1CCCC1)N1CCCC1.I. The second-order valence-corrected chi connectivity index (χ2v) is 6.92. The molecular weight excluding hydrogens is 387 g/mol. The first-order valence-corrected chi connectivity index (χ1v) is 8.98. The Morgan fingerprint density at radius 2 is 1.64 bits per heavy atom. The highest BCUT2D eigenvalue weighted by molar-refractivity contribution is 14.0. The van der Waals surface area contributed by atoms with Crippen molar-refractivity contribution in [2.75, 3.05) is 39.3 Å². The van der Waals surface area contributed by atoms with Crippen LogP contribution in [0.5, 0.6) is 0 Å². The molecule has 2 saturated heterocycles. The molecule has 0 aromatic rings. The molecule has 22 heavy (non-hydrogen) atoms. The van der Waals surface area contributed by atoms with Gasteiger partial charge in [-0.2, -0.15) is 0 Å². The fourth-order valence-corrected chi connectivity index (χ4v) is 3.54. The van der Waals surface area contributed by atoms with Gasteiger partial charge in [-0.15, -0.1) is 24.0 Å². The van der Waals surface area contributed by atoms with E-state index in [1.165, 1.54) is 58.3 Å². The summed E-state index contributed by atoms with van der Waals surface area (Å²) in [4.78, 5) is 10.1.